The summed E-state index contributed by atoms with van der Waals surface area (Å²) in [6.07, 6.45) is 5.67. The van der Waals surface area contributed by atoms with Crippen molar-refractivity contribution in [2.45, 2.75) is 32.1 Å². The first-order chi connectivity index (χ1) is 16.5. The molecule has 0 heterocycles. The summed E-state index contributed by atoms with van der Waals surface area (Å²) in [5, 5.41) is 14.1. The highest BCUT2D eigenvalue weighted by Crippen LogP contribution is 2.16. The Hall–Kier alpha value is -2.97. The van der Waals surface area contributed by atoms with Crippen molar-refractivity contribution in [2.75, 3.05) is 39.5 Å². The Labute approximate surface area is 202 Å². The first-order valence-corrected chi connectivity index (χ1v) is 11.7. The maximum Gasteiger partial charge on any atom is 0.309 e. The highest BCUT2D eigenvalue weighted by Gasteiger charge is 2.22. The van der Waals surface area contributed by atoms with Crippen molar-refractivity contribution in [1.82, 2.24) is 10.6 Å². The van der Waals surface area contributed by atoms with E-state index in [9.17, 15) is 14.4 Å². The molecule has 0 bridgehead atoms. The van der Waals surface area contributed by atoms with Gasteiger partial charge in [0.1, 0.15) is 6.61 Å². The molecule has 0 spiro atoms. The van der Waals surface area contributed by atoms with Gasteiger partial charge in [-0.2, -0.15) is 0 Å². The quantitative estimate of drug-likeness (QED) is 0.161. The number of esters is 1. The lowest BCUT2D eigenvalue weighted by Crippen LogP contribution is -2.37. The molecule has 0 unspecified atom stereocenters. The Balaban J connectivity index is 2.42. The molecular formula is C26H38N2O6. The van der Waals surface area contributed by atoms with E-state index in [0.29, 0.717) is 32.2 Å². The fraction of sp³-hybridized carbons (Fsp3) is 0.500. The molecule has 0 saturated heterocycles. The molecule has 0 aliphatic heterocycles. The standard InChI is InChI=1S/C26H38N2O6/c1-3-5-12-23(19-21-10-7-6-8-11-21)26(32)34-17-14-28-25(31)22(9-4-2)20-24(30)27-13-16-33-18-15-29/h3-4,6-8,10-11,22-23,29H,1-2,5,9,12-20H2,(H,27,30)(H,28,31)/t22-,23-/m1/s1. The maximum atomic E-state index is 12.6. The monoisotopic (exact) mass is 474 g/mol. The van der Waals surface area contributed by atoms with Crippen LogP contribution >= 0.6 is 0 Å². The lowest BCUT2D eigenvalue weighted by Gasteiger charge is -2.17. The molecular weight excluding hydrogens is 436 g/mol. The van der Waals surface area contributed by atoms with Gasteiger partial charge in [0.05, 0.1) is 38.2 Å². The van der Waals surface area contributed by atoms with Crippen molar-refractivity contribution in [3.05, 3.63) is 61.2 Å². The van der Waals surface area contributed by atoms with E-state index in [1.165, 1.54) is 0 Å². The minimum absolute atomic E-state index is 0.0122. The molecule has 8 heteroatoms. The van der Waals surface area contributed by atoms with Crippen LogP contribution in [0.3, 0.4) is 0 Å². The molecule has 3 N–H and O–H groups in total. The summed E-state index contributed by atoms with van der Waals surface area (Å²) in [7, 11) is 0. The number of aliphatic hydroxyl groups excluding tert-OH is 1. The normalized spacial score (nSPS) is 12.3. The van der Waals surface area contributed by atoms with E-state index < -0.39 is 5.92 Å². The fourth-order valence-corrected chi connectivity index (χ4v) is 3.32. The summed E-state index contributed by atoms with van der Waals surface area (Å²) in [5.41, 5.74) is 1.06. The van der Waals surface area contributed by atoms with E-state index in [1.54, 1.807) is 12.2 Å². The lowest BCUT2D eigenvalue weighted by molar-refractivity contribution is -0.149. The molecule has 0 fully saturated rings. The molecule has 1 aromatic carbocycles. The Morgan fingerprint density at radius 3 is 2.38 bits per heavy atom. The van der Waals surface area contributed by atoms with Gasteiger partial charge >= 0.3 is 5.97 Å². The summed E-state index contributed by atoms with van der Waals surface area (Å²) in [6, 6.07) is 9.76. The van der Waals surface area contributed by atoms with Crippen LogP contribution in [0, 0.1) is 11.8 Å². The maximum absolute atomic E-state index is 12.6. The van der Waals surface area contributed by atoms with Crippen LogP contribution in [0.2, 0.25) is 0 Å². The molecule has 8 nitrogen and oxygen atoms in total. The second-order valence-electron chi connectivity index (χ2n) is 7.82. The van der Waals surface area contributed by atoms with Crippen LogP contribution < -0.4 is 10.6 Å². The average molecular weight is 475 g/mol. The fourth-order valence-electron chi connectivity index (χ4n) is 3.32. The molecule has 0 aliphatic carbocycles. The van der Waals surface area contributed by atoms with E-state index in [4.69, 9.17) is 14.6 Å². The van der Waals surface area contributed by atoms with Crippen molar-refractivity contribution in [2.24, 2.45) is 11.8 Å². The van der Waals surface area contributed by atoms with Crippen LogP contribution in [-0.4, -0.2) is 62.4 Å². The number of hydrogen-bond donors (Lipinski definition) is 3. The first kappa shape index (κ1) is 29.1. The number of amides is 2. The highest BCUT2D eigenvalue weighted by molar-refractivity contribution is 5.85. The molecule has 2 atom stereocenters. The number of carbonyl (C=O) groups is 3. The molecule has 0 radical (unpaired) electrons. The first-order valence-electron chi connectivity index (χ1n) is 11.7. The number of ether oxygens (including phenoxy) is 2. The number of nitrogens with one attached hydrogen (secondary N) is 2. The second kappa shape index (κ2) is 18.5. The molecule has 0 saturated carbocycles. The number of rotatable bonds is 19. The largest absolute Gasteiger partial charge is 0.464 e. The Morgan fingerprint density at radius 2 is 1.71 bits per heavy atom. The molecule has 1 aromatic rings. The second-order valence-corrected chi connectivity index (χ2v) is 7.82. The summed E-state index contributed by atoms with van der Waals surface area (Å²) in [4.78, 5) is 37.2. The van der Waals surface area contributed by atoms with Crippen LogP contribution in [0.4, 0.5) is 0 Å². The SMILES string of the molecule is C=CCC[C@H](Cc1ccccc1)C(=O)OCCNC(=O)[C@H](CC=C)CC(=O)NCCOCCO. The summed E-state index contributed by atoms with van der Waals surface area (Å²) >= 11 is 0. The van der Waals surface area contributed by atoms with Gasteiger partial charge in [-0.25, -0.2) is 0 Å². The summed E-state index contributed by atoms with van der Waals surface area (Å²) in [6.45, 7) is 8.31. The third-order valence-electron chi connectivity index (χ3n) is 5.08. The van der Waals surface area contributed by atoms with Crippen LogP contribution in [0.25, 0.3) is 0 Å². The van der Waals surface area contributed by atoms with E-state index in [-0.39, 0.29) is 63.1 Å². The zero-order chi connectivity index (χ0) is 25.0. The van der Waals surface area contributed by atoms with Gasteiger partial charge in [0.25, 0.3) is 0 Å². The van der Waals surface area contributed by atoms with Crippen LogP contribution in [-0.2, 0) is 30.3 Å². The van der Waals surface area contributed by atoms with Crippen molar-refractivity contribution in [3.63, 3.8) is 0 Å². The Morgan fingerprint density at radius 1 is 0.971 bits per heavy atom. The molecule has 0 aromatic heterocycles. The molecule has 0 aliphatic rings. The Kier molecular flexibility index (Phi) is 15.8. The van der Waals surface area contributed by atoms with E-state index in [0.717, 1.165) is 5.56 Å². The zero-order valence-corrected chi connectivity index (χ0v) is 19.9. The van der Waals surface area contributed by atoms with E-state index in [1.807, 2.05) is 30.3 Å². The van der Waals surface area contributed by atoms with Gasteiger partial charge in [-0.15, -0.1) is 13.2 Å². The van der Waals surface area contributed by atoms with Gasteiger partial charge < -0.3 is 25.2 Å². The van der Waals surface area contributed by atoms with Crippen LogP contribution in [0.15, 0.2) is 55.6 Å². The van der Waals surface area contributed by atoms with Crippen LogP contribution in [0.5, 0.6) is 0 Å². The minimum atomic E-state index is -0.565. The van der Waals surface area contributed by atoms with Crippen molar-refractivity contribution in [3.8, 4) is 0 Å². The van der Waals surface area contributed by atoms with Crippen molar-refractivity contribution in [1.29, 1.82) is 0 Å². The highest BCUT2D eigenvalue weighted by atomic mass is 16.5. The minimum Gasteiger partial charge on any atom is -0.464 e. The predicted octanol–water partition coefficient (Wildman–Crippen LogP) is 2.18. The van der Waals surface area contributed by atoms with E-state index >= 15 is 0 Å². The van der Waals surface area contributed by atoms with Gasteiger partial charge in [-0.1, -0.05) is 42.5 Å². The topological polar surface area (TPSA) is 114 Å². The predicted molar refractivity (Wildman–Crippen MR) is 131 cm³/mol. The molecule has 34 heavy (non-hydrogen) atoms. The van der Waals surface area contributed by atoms with Gasteiger partial charge in [0, 0.05) is 13.0 Å². The number of allylic oxidation sites excluding steroid dienone is 2. The third-order valence-corrected chi connectivity index (χ3v) is 5.08. The van der Waals surface area contributed by atoms with Gasteiger partial charge in [0.2, 0.25) is 11.8 Å². The third kappa shape index (κ3) is 12.9. The molecule has 188 valence electrons. The van der Waals surface area contributed by atoms with E-state index in [2.05, 4.69) is 23.8 Å². The van der Waals surface area contributed by atoms with Gasteiger partial charge in [0.15, 0.2) is 0 Å². The Bertz CT molecular complexity index is 753. The number of aliphatic hydroxyl groups is 1. The average Bonchev–Trinajstić information content (AvgIpc) is 2.84. The number of carbonyl (C=O) groups excluding carboxylic acids is 3. The lowest BCUT2D eigenvalue weighted by atomic mass is 9.95. The van der Waals surface area contributed by atoms with Crippen molar-refractivity contribution < 1.29 is 29.0 Å². The smallest absolute Gasteiger partial charge is 0.309 e. The zero-order valence-electron chi connectivity index (χ0n) is 19.9. The number of hydrogen-bond acceptors (Lipinski definition) is 6. The van der Waals surface area contributed by atoms with Gasteiger partial charge in [-0.05, 0) is 31.2 Å². The number of benzene rings is 1. The summed E-state index contributed by atoms with van der Waals surface area (Å²) < 4.78 is 10.5. The van der Waals surface area contributed by atoms with Crippen LogP contribution in [0.1, 0.15) is 31.2 Å². The van der Waals surface area contributed by atoms with Gasteiger partial charge in [-0.3, -0.25) is 14.4 Å². The summed E-state index contributed by atoms with van der Waals surface area (Å²) in [5.74, 6) is -1.72. The molecule has 2 amide bonds. The van der Waals surface area contributed by atoms with Crippen molar-refractivity contribution >= 4 is 17.8 Å². The molecule has 1 rings (SSSR count).